The van der Waals surface area contributed by atoms with E-state index < -0.39 is 11.7 Å². The normalized spacial score (nSPS) is 16.3. The number of hydrazone groups is 1. The summed E-state index contributed by atoms with van der Waals surface area (Å²) in [6.07, 6.45) is 5.38. The van der Waals surface area contributed by atoms with Gasteiger partial charge in [-0.05, 0) is 42.9 Å². The van der Waals surface area contributed by atoms with Crippen molar-refractivity contribution in [2.45, 2.75) is 32.7 Å². The maximum Gasteiger partial charge on any atom is 0.262 e. The summed E-state index contributed by atoms with van der Waals surface area (Å²) in [5.74, 6) is -0.461. The Morgan fingerprint density at radius 1 is 1.52 bits per heavy atom. The van der Waals surface area contributed by atoms with Crippen molar-refractivity contribution in [1.82, 2.24) is 15.0 Å². The zero-order chi connectivity index (χ0) is 20.5. The maximum absolute atomic E-state index is 13.7. The van der Waals surface area contributed by atoms with E-state index in [1.165, 1.54) is 34.0 Å². The summed E-state index contributed by atoms with van der Waals surface area (Å²) < 4.78 is 15.0. The number of halogens is 2. The Kier molecular flexibility index (Phi) is 5.47. The van der Waals surface area contributed by atoms with E-state index in [4.69, 9.17) is 11.6 Å². The third-order valence-electron chi connectivity index (χ3n) is 4.98. The van der Waals surface area contributed by atoms with E-state index in [1.807, 2.05) is 0 Å². The standard InChI is InChI=1S/C20H18ClFN4O2S/c1-11-5-6-12-16(7-11)29-19-18(12)20(28)26(10-23-19)9-17(27)25-24-8-13-14(21)3-2-4-15(13)22/h2-4,8,10-11H,5-7,9H2,1H3,(H,25,27)/b24-8-/t11-/m0/s1. The van der Waals surface area contributed by atoms with Gasteiger partial charge in [0, 0.05) is 10.4 Å². The number of nitrogens with one attached hydrogen (secondary N) is 1. The Hall–Kier alpha value is -2.58. The minimum Gasteiger partial charge on any atom is -0.289 e. The van der Waals surface area contributed by atoms with Gasteiger partial charge < -0.3 is 0 Å². The molecule has 0 aliphatic heterocycles. The first kappa shape index (κ1) is 19.7. The van der Waals surface area contributed by atoms with Gasteiger partial charge >= 0.3 is 0 Å². The largest absolute Gasteiger partial charge is 0.289 e. The maximum atomic E-state index is 13.7. The van der Waals surface area contributed by atoms with Gasteiger partial charge in [-0.15, -0.1) is 11.3 Å². The van der Waals surface area contributed by atoms with Gasteiger partial charge in [0.2, 0.25) is 0 Å². The lowest BCUT2D eigenvalue weighted by Gasteiger charge is -2.17. The number of nitrogens with zero attached hydrogens (tertiary/aromatic N) is 3. The lowest BCUT2D eigenvalue weighted by atomic mass is 9.89. The second kappa shape index (κ2) is 8.04. The van der Waals surface area contributed by atoms with Crippen LogP contribution in [-0.4, -0.2) is 21.7 Å². The molecule has 0 spiro atoms. The zero-order valence-electron chi connectivity index (χ0n) is 15.6. The van der Waals surface area contributed by atoms with Crippen molar-refractivity contribution < 1.29 is 9.18 Å². The number of hydrogen-bond donors (Lipinski definition) is 1. The third kappa shape index (κ3) is 3.95. The van der Waals surface area contributed by atoms with Crippen molar-refractivity contribution in [3.8, 4) is 0 Å². The smallest absolute Gasteiger partial charge is 0.262 e. The number of thiophene rings is 1. The molecule has 1 aliphatic rings. The Balaban J connectivity index is 1.52. The number of rotatable bonds is 4. The fourth-order valence-corrected chi connectivity index (χ4v) is 5.02. The van der Waals surface area contributed by atoms with Gasteiger partial charge in [-0.25, -0.2) is 14.8 Å². The van der Waals surface area contributed by atoms with Crippen LogP contribution in [0.25, 0.3) is 10.2 Å². The highest BCUT2D eigenvalue weighted by atomic mass is 35.5. The van der Waals surface area contributed by atoms with Crippen molar-refractivity contribution in [2.24, 2.45) is 11.0 Å². The fraction of sp³-hybridized carbons (Fsp3) is 0.300. The van der Waals surface area contributed by atoms with Gasteiger partial charge in [-0.3, -0.25) is 14.2 Å². The van der Waals surface area contributed by atoms with Gasteiger partial charge in [0.15, 0.2) is 0 Å². The first-order chi connectivity index (χ1) is 13.9. The summed E-state index contributed by atoms with van der Waals surface area (Å²) in [4.78, 5) is 31.4. The van der Waals surface area contributed by atoms with Gasteiger partial charge in [0.25, 0.3) is 11.5 Å². The second-order valence-electron chi connectivity index (χ2n) is 7.14. The molecule has 0 fully saturated rings. The van der Waals surface area contributed by atoms with Crippen LogP contribution < -0.4 is 11.0 Å². The van der Waals surface area contributed by atoms with Crippen LogP contribution in [0.1, 0.15) is 29.3 Å². The topological polar surface area (TPSA) is 76.3 Å². The van der Waals surface area contributed by atoms with Crippen molar-refractivity contribution in [1.29, 1.82) is 0 Å². The van der Waals surface area contributed by atoms with Crippen LogP contribution in [0.4, 0.5) is 4.39 Å². The molecule has 0 unspecified atom stereocenters. The van der Waals surface area contributed by atoms with E-state index in [1.54, 1.807) is 11.3 Å². The van der Waals surface area contributed by atoms with Gasteiger partial charge in [-0.2, -0.15) is 5.10 Å². The first-order valence-electron chi connectivity index (χ1n) is 9.19. The highest BCUT2D eigenvalue weighted by molar-refractivity contribution is 7.18. The van der Waals surface area contributed by atoms with Gasteiger partial charge in [0.05, 0.1) is 23.0 Å². The van der Waals surface area contributed by atoms with Crippen LogP contribution in [-0.2, 0) is 24.2 Å². The molecule has 0 bridgehead atoms. The van der Waals surface area contributed by atoms with Gasteiger partial charge in [-0.1, -0.05) is 24.6 Å². The number of carbonyl (C=O) groups is 1. The lowest BCUT2D eigenvalue weighted by molar-refractivity contribution is -0.121. The molecular formula is C20H18ClFN4O2S. The molecule has 1 N–H and O–H groups in total. The number of fused-ring (bicyclic) bond motifs is 3. The van der Waals surface area contributed by atoms with E-state index in [0.29, 0.717) is 11.3 Å². The number of aryl methyl sites for hydroxylation is 1. The molecule has 1 aromatic carbocycles. The minimum atomic E-state index is -0.544. The number of amides is 1. The van der Waals surface area contributed by atoms with Crippen LogP contribution in [0.2, 0.25) is 5.02 Å². The van der Waals surface area contributed by atoms with E-state index in [2.05, 4.69) is 22.4 Å². The third-order valence-corrected chi connectivity index (χ3v) is 6.47. The molecule has 3 aromatic rings. The molecule has 0 saturated carbocycles. The number of aromatic nitrogens is 2. The minimum absolute atomic E-state index is 0.0776. The molecule has 9 heteroatoms. The summed E-state index contributed by atoms with van der Waals surface area (Å²) in [6.45, 7) is 1.98. The molecular weight excluding hydrogens is 415 g/mol. The van der Waals surface area contributed by atoms with Crippen LogP contribution >= 0.6 is 22.9 Å². The molecule has 4 rings (SSSR count). The van der Waals surface area contributed by atoms with E-state index >= 15 is 0 Å². The van der Waals surface area contributed by atoms with Crippen molar-refractivity contribution >= 4 is 45.3 Å². The van der Waals surface area contributed by atoms with Crippen LogP contribution in [0.3, 0.4) is 0 Å². The Morgan fingerprint density at radius 2 is 2.34 bits per heavy atom. The van der Waals surface area contributed by atoms with Crippen molar-refractivity contribution in [2.75, 3.05) is 0 Å². The summed E-state index contributed by atoms with van der Waals surface area (Å²) in [7, 11) is 0. The molecule has 29 heavy (non-hydrogen) atoms. The molecule has 1 aliphatic carbocycles. The number of benzene rings is 1. The molecule has 2 heterocycles. The SMILES string of the molecule is C[C@H]1CCc2c(sc3ncn(CC(=O)N/N=C\c4c(F)cccc4Cl)c(=O)c23)C1. The van der Waals surface area contributed by atoms with E-state index in [-0.39, 0.29) is 22.7 Å². The van der Waals surface area contributed by atoms with Crippen LogP contribution in [0.15, 0.2) is 34.4 Å². The van der Waals surface area contributed by atoms with Crippen molar-refractivity contribution in [3.63, 3.8) is 0 Å². The van der Waals surface area contributed by atoms with E-state index in [0.717, 1.165) is 35.9 Å². The van der Waals surface area contributed by atoms with E-state index in [9.17, 15) is 14.0 Å². The summed E-state index contributed by atoms with van der Waals surface area (Å²) in [6, 6.07) is 4.25. The highest BCUT2D eigenvalue weighted by Crippen LogP contribution is 2.35. The van der Waals surface area contributed by atoms with Crippen LogP contribution in [0.5, 0.6) is 0 Å². The second-order valence-corrected chi connectivity index (χ2v) is 8.63. The Morgan fingerprint density at radius 3 is 3.14 bits per heavy atom. The Labute approximate surface area is 175 Å². The van der Waals surface area contributed by atoms with Crippen LogP contribution in [0, 0.1) is 11.7 Å². The number of carbonyl (C=O) groups excluding carboxylic acids is 1. The average molecular weight is 433 g/mol. The summed E-state index contributed by atoms with van der Waals surface area (Å²) in [5, 5.41) is 4.54. The molecule has 1 amide bonds. The summed E-state index contributed by atoms with van der Waals surface area (Å²) in [5.41, 5.74) is 3.22. The molecule has 1 atom stereocenters. The van der Waals surface area contributed by atoms with Crippen molar-refractivity contribution in [3.05, 3.63) is 61.7 Å². The highest BCUT2D eigenvalue weighted by Gasteiger charge is 2.23. The number of hydrogen-bond acceptors (Lipinski definition) is 5. The Bertz CT molecular complexity index is 1170. The average Bonchev–Trinajstić information content (AvgIpc) is 3.04. The monoisotopic (exact) mass is 432 g/mol. The first-order valence-corrected chi connectivity index (χ1v) is 10.4. The van der Waals surface area contributed by atoms with Gasteiger partial charge in [0.1, 0.15) is 17.2 Å². The fourth-order valence-electron chi connectivity index (χ4n) is 3.47. The molecule has 0 saturated heterocycles. The quantitative estimate of drug-likeness (QED) is 0.506. The lowest BCUT2D eigenvalue weighted by Crippen LogP contribution is -2.30. The predicted molar refractivity (Wildman–Crippen MR) is 112 cm³/mol. The molecule has 2 aromatic heterocycles. The molecule has 6 nitrogen and oxygen atoms in total. The summed E-state index contributed by atoms with van der Waals surface area (Å²) >= 11 is 7.47. The zero-order valence-corrected chi connectivity index (χ0v) is 17.2. The predicted octanol–water partition coefficient (Wildman–Crippen LogP) is 3.53. The molecule has 0 radical (unpaired) electrons. The molecule has 150 valence electrons.